The number of aromatic nitrogens is 3. The normalized spacial score (nSPS) is 14.7. The number of fused-ring (bicyclic) bond motifs is 1. The highest BCUT2D eigenvalue weighted by Gasteiger charge is 2.31. The molecule has 1 saturated heterocycles. The number of carbonyl (C=O) groups is 1. The molecular weight excluding hydrogens is 493 g/mol. The fraction of sp³-hybridized carbons (Fsp3) is 0.269. The lowest BCUT2D eigenvalue weighted by atomic mass is 9.99. The lowest BCUT2D eigenvalue weighted by Gasteiger charge is -2.26. The molecule has 0 aliphatic carbocycles. The molecule has 0 bridgehead atoms. The fourth-order valence-corrected chi connectivity index (χ4v) is 4.53. The van der Waals surface area contributed by atoms with Crippen LogP contribution in [0.3, 0.4) is 0 Å². The van der Waals surface area contributed by atoms with Crippen LogP contribution in [0.4, 0.5) is 27.6 Å². The van der Waals surface area contributed by atoms with Crippen molar-refractivity contribution in [2.45, 2.75) is 32.0 Å². The van der Waals surface area contributed by atoms with E-state index in [0.717, 1.165) is 44.6 Å². The van der Waals surface area contributed by atoms with Crippen molar-refractivity contribution in [1.82, 2.24) is 20.1 Å². The van der Waals surface area contributed by atoms with E-state index in [2.05, 4.69) is 25.4 Å². The van der Waals surface area contributed by atoms with Crippen LogP contribution in [0.1, 0.15) is 40.9 Å². The van der Waals surface area contributed by atoms with Gasteiger partial charge in [-0.3, -0.25) is 19.8 Å². The molecule has 0 radical (unpaired) electrons. The number of amides is 1. The second-order valence-electron chi connectivity index (χ2n) is 9.02. The number of piperidine rings is 1. The van der Waals surface area contributed by atoms with Gasteiger partial charge >= 0.3 is 6.18 Å². The highest BCUT2D eigenvalue weighted by atomic mass is 19.4. The Morgan fingerprint density at radius 2 is 1.81 bits per heavy atom. The van der Waals surface area contributed by atoms with Crippen LogP contribution in [0.2, 0.25) is 0 Å². The molecule has 1 aliphatic heterocycles. The van der Waals surface area contributed by atoms with Crippen LogP contribution >= 0.6 is 0 Å². The number of rotatable bonds is 5. The van der Waals surface area contributed by atoms with Gasteiger partial charge in [0.2, 0.25) is 0 Å². The van der Waals surface area contributed by atoms with Gasteiger partial charge in [-0.1, -0.05) is 12.5 Å². The number of anilines is 1. The maximum Gasteiger partial charge on any atom is 0.417 e. The smallest absolute Gasteiger partial charge is 0.319 e. The number of pyridine rings is 1. The van der Waals surface area contributed by atoms with Gasteiger partial charge in [0.25, 0.3) is 5.91 Å². The Bertz CT molecular complexity index is 1460. The minimum absolute atomic E-state index is 0.0449. The molecule has 192 valence electrons. The molecule has 2 aromatic carbocycles. The molecule has 2 N–H and O–H groups in total. The molecule has 0 unspecified atom stereocenters. The summed E-state index contributed by atoms with van der Waals surface area (Å²) in [6.07, 6.45) is 0.399. The Hall–Kier alpha value is -3.86. The SMILES string of the molecule is O=C(Nc1cncc(C(F)(F)F)c1)c1n[nH]c2ccc(-c3cc(CN4CCCCC4)cc(F)c3F)cc12. The predicted molar refractivity (Wildman–Crippen MR) is 128 cm³/mol. The van der Waals surface area contributed by atoms with E-state index in [1.807, 2.05) is 0 Å². The number of nitrogens with zero attached hydrogens (tertiary/aromatic N) is 3. The number of halogens is 5. The summed E-state index contributed by atoms with van der Waals surface area (Å²) in [7, 11) is 0. The first kappa shape index (κ1) is 24.8. The van der Waals surface area contributed by atoms with E-state index < -0.39 is 29.3 Å². The van der Waals surface area contributed by atoms with Gasteiger partial charge in [-0.25, -0.2) is 8.78 Å². The molecule has 0 saturated carbocycles. The molecule has 0 spiro atoms. The standard InChI is InChI=1S/C26H22F5N5O/c27-21-9-15(14-36-6-2-1-3-7-36)8-19(23(21)28)16-4-5-22-20(10-16)24(35-34-22)25(37)33-18-11-17(12-32-13-18)26(29,30)31/h4-5,8-13H,1-3,6-7,14H2,(H,33,37)(H,34,35). The van der Waals surface area contributed by atoms with Crippen LogP contribution in [0.5, 0.6) is 0 Å². The average Bonchev–Trinajstić information content (AvgIpc) is 3.30. The molecule has 1 amide bonds. The van der Waals surface area contributed by atoms with Gasteiger partial charge in [0.1, 0.15) is 0 Å². The number of alkyl halides is 3. The largest absolute Gasteiger partial charge is 0.417 e. The van der Waals surface area contributed by atoms with E-state index in [1.54, 1.807) is 18.2 Å². The summed E-state index contributed by atoms with van der Waals surface area (Å²) in [4.78, 5) is 18.6. The summed E-state index contributed by atoms with van der Waals surface area (Å²) in [5.74, 6) is -2.76. The van der Waals surface area contributed by atoms with Crippen LogP contribution in [0.25, 0.3) is 22.0 Å². The monoisotopic (exact) mass is 515 g/mol. The van der Waals surface area contributed by atoms with E-state index >= 15 is 0 Å². The Morgan fingerprint density at radius 1 is 1.03 bits per heavy atom. The quantitative estimate of drug-likeness (QED) is 0.312. The molecule has 3 heterocycles. The number of hydrogen-bond acceptors (Lipinski definition) is 4. The first-order valence-electron chi connectivity index (χ1n) is 11.7. The van der Waals surface area contributed by atoms with Crippen molar-refractivity contribution in [2.75, 3.05) is 18.4 Å². The summed E-state index contributed by atoms with van der Waals surface area (Å²) in [5.41, 5.74) is 0.176. The zero-order valence-corrected chi connectivity index (χ0v) is 19.5. The summed E-state index contributed by atoms with van der Waals surface area (Å²) in [5, 5.41) is 9.32. The molecular formula is C26H22F5N5O. The minimum atomic E-state index is -4.62. The van der Waals surface area contributed by atoms with Crippen molar-refractivity contribution < 1.29 is 26.7 Å². The third-order valence-electron chi connectivity index (χ3n) is 6.36. The Balaban J connectivity index is 1.45. The number of hydrogen-bond donors (Lipinski definition) is 2. The molecule has 1 fully saturated rings. The molecule has 4 aromatic rings. The van der Waals surface area contributed by atoms with Gasteiger partial charge in [-0.15, -0.1) is 0 Å². The topological polar surface area (TPSA) is 73.9 Å². The number of carbonyl (C=O) groups excluding carboxylic acids is 1. The molecule has 2 aromatic heterocycles. The first-order valence-corrected chi connectivity index (χ1v) is 11.7. The Labute approximate surface area is 208 Å². The van der Waals surface area contributed by atoms with Crippen molar-refractivity contribution in [3.63, 3.8) is 0 Å². The van der Waals surface area contributed by atoms with Gasteiger partial charge in [-0.05, 0) is 67.4 Å². The van der Waals surface area contributed by atoms with Gasteiger partial charge in [0.15, 0.2) is 17.3 Å². The maximum absolute atomic E-state index is 14.9. The fourth-order valence-electron chi connectivity index (χ4n) is 4.53. The zero-order valence-electron chi connectivity index (χ0n) is 19.5. The van der Waals surface area contributed by atoms with Crippen molar-refractivity contribution >= 4 is 22.5 Å². The predicted octanol–water partition coefficient (Wildman–Crippen LogP) is 6.16. The van der Waals surface area contributed by atoms with E-state index in [0.29, 0.717) is 34.8 Å². The summed E-state index contributed by atoms with van der Waals surface area (Å²) >= 11 is 0. The van der Waals surface area contributed by atoms with Crippen molar-refractivity contribution in [3.8, 4) is 11.1 Å². The Morgan fingerprint density at radius 3 is 2.57 bits per heavy atom. The molecule has 6 nitrogen and oxygen atoms in total. The molecule has 37 heavy (non-hydrogen) atoms. The van der Waals surface area contributed by atoms with Crippen molar-refractivity contribution in [2.24, 2.45) is 0 Å². The van der Waals surface area contributed by atoms with E-state index in [9.17, 15) is 26.7 Å². The zero-order chi connectivity index (χ0) is 26.2. The number of aromatic amines is 1. The number of likely N-dealkylation sites (tertiary alicyclic amines) is 1. The van der Waals surface area contributed by atoms with Gasteiger partial charge < -0.3 is 5.32 Å². The van der Waals surface area contributed by atoms with Crippen LogP contribution < -0.4 is 5.32 Å². The molecule has 5 rings (SSSR count). The third kappa shape index (κ3) is 5.31. The number of benzene rings is 2. The lowest BCUT2D eigenvalue weighted by molar-refractivity contribution is -0.137. The van der Waals surface area contributed by atoms with E-state index in [-0.39, 0.29) is 16.9 Å². The van der Waals surface area contributed by atoms with Crippen molar-refractivity contribution in [1.29, 1.82) is 0 Å². The highest BCUT2D eigenvalue weighted by molar-refractivity contribution is 6.11. The van der Waals surface area contributed by atoms with Crippen LogP contribution in [0.15, 0.2) is 48.8 Å². The second kappa shape index (κ2) is 9.89. The minimum Gasteiger partial charge on any atom is -0.319 e. The first-order chi connectivity index (χ1) is 17.7. The number of nitrogens with one attached hydrogen (secondary N) is 2. The van der Waals surface area contributed by atoms with Gasteiger partial charge in [0.05, 0.1) is 23.0 Å². The maximum atomic E-state index is 14.9. The van der Waals surface area contributed by atoms with Gasteiger partial charge in [0, 0.05) is 23.7 Å². The van der Waals surface area contributed by atoms with Crippen LogP contribution in [0, 0.1) is 11.6 Å². The van der Waals surface area contributed by atoms with Gasteiger partial charge in [-0.2, -0.15) is 18.3 Å². The lowest BCUT2D eigenvalue weighted by Crippen LogP contribution is -2.29. The molecule has 11 heteroatoms. The summed E-state index contributed by atoms with van der Waals surface area (Å²) in [6, 6.07) is 8.22. The molecule has 0 atom stereocenters. The Kier molecular flexibility index (Phi) is 6.63. The molecule has 1 aliphatic rings. The van der Waals surface area contributed by atoms with Crippen LogP contribution in [-0.4, -0.2) is 39.1 Å². The number of H-pyrrole nitrogens is 1. The summed E-state index contributed by atoms with van der Waals surface area (Å²) in [6.45, 7) is 2.29. The van der Waals surface area contributed by atoms with Crippen LogP contribution in [-0.2, 0) is 12.7 Å². The third-order valence-corrected chi connectivity index (χ3v) is 6.36. The average molecular weight is 515 g/mol. The highest BCUT2D eigenvalue weighted by Crippen LogP contribution is 2.32. The summed E-state index contributed by atoms with van der Waals surface area (Å²) < 4.78 is 68.4. The van der Waals surface area contributed by atoms with E-state index in [1.165, 1.54) is 12.1 Å². The van der Waals surface area contributed by atoms with Crippen molar-refractivity contribution in [3.05, 3.63) is 77.2 Å². The van der Waals surface area contributed by atoms with E-state index in [4.69, 9.17) is 0 Å². The second-order valence-corrected chi connectivity index (χ2v) is 9.02.